The topological polar surface area (TPSA) is 84.5 Å². The van der Waals surface area contributed by atoms with Crippen molar-refractivity contribution in [3.05, 3.63) is 28.8 Å². The highest BCUT2D eigenvalue weighted by Crippen LogP contribution is 2.26. The van der Waals surface area contributed by atoms with Crippen LogP contribution in [0.1, 0.15) is 55.8 Å². The van der Waals surface area contributed by atoms with Crippen LogP contribution in [0.3, 0.4) is 0 Å². The Kier molecular flexibility index (Phi) is 6.78. The van der Waals surface area contributed by atoms with Crippen molar-refractivity contribution in [3.8, 4) is 0 Å². The molecule has 3 unspecified atom stereocenters. The molecule has 8 heteroatoms. The summed E-state index contributed by atoms with van der Waals surface area (Å²) in [5, 5.41) is 3.14. The Morgan fingerprint density at radius 3 is 2.70 bits per heavy atom. The van der Waals surface area contributed by atoms with Crippen molar-refractivity contribution in [1.29, 1.82) is 0 Å². The van der Waals surface area contributed by atoms with Crippen LogP contribution in [0.2, 0.25) is 5.02 Å². The third-order valence-electron chi connectivity index (χ3n) is 5.44. The average Bonchev–Trinajstić information content (AvgIpc) is 3.16. The van der Waals surface area contributed by atoms with E-state index in [9.17, 15) is 13.2 Å². The van der Waals surface area contributed by atoms with Gasteiger partial charge in [-0.3, -0.25) is 4.79 Å². The Labute approximate surface area is 166 Å². The van der Waals surface area contributed by atoms with E-state index in [1.165, 1.54) is 18.6 Å². The van der Waals surface area contributed by atoms with Crippen molar-refractivity contribution >= 4 is 27.5 Å². The zero-order valence-electron chi connectivity index (χ0n) is 15.5. The molecule has 6 nitrogen and oxygen atoms in total. The normalized spacial score (nSPS) is 26.1. The van der Waals surface area contributed by atoms with Crippen molar-refractivity contribution in [2.45, 2.75) is 62.5 Å². The summed E-state index contributed by atoms with van der Waals surface area (Å²) in [6, 6.07) is 4.49. The number of ether oxygens (including phenoxy) is 1. The molecular weight excluding hydrogens is 388 g/mol. The smallest absolute Gasteiger partial charge is 0.251 e. The molecule has 1 aliphatic heterocycles. The summed E-state index contributed by atoms with van der Waals surface area (Å²) in [6.07, 6.45) is 5.99. The van der Waals surface area contributed by atoms with Gasteiger partial charge < -0.3 is 10.1 Å². The van der Waals surface area contributed by atoms with Gasteiger partial charge in [0.15, 0.2) is 0 Å². The highest BCUT2D eigenvalue weighted by molar-refractivity contribution is 7.89. The predicted molar refractivity (Wildman–Crippen MR) is 105 cm³/mol. The second kappa shape index (κ2) is 8.90. The van der Waals surface area contributed by atoms with Gasteiger partial charge in [-0.25, -0.2) is 13.1 Å². The standard InChI is InChI=1S/C19H27ClN2O4S/c1-13-5-2-3-7-17(13)22-19(23)14-8-9-16(20)18(11-14)27(24,25)21-12-15-6-4-10-26-15/h8-9,11,13,15,17,21H,2-7,10,12H2,1H3,(H,22,23). The molecule has 0 radical (unpaired) electrons. The van der Waals surface area contributed by atoms with Crippen LogP contribution < -0.4 is 10.0 Å². The van der Waals surface area contributed by atoms with Crippen molar-refractivity contribution in [3.63, 3.8) is 0 Å². The van der Waals surface area contributed by atoms with E-state index in [2.05, 4.69) is 17.0 Å². The number of halogens is 1. The average molecular weight is 415 g/mol. The van der Waals surface area contributed by atoms with Crippen LogP contribution in [0.25, 0.3) is 0 Å². The molecule has 150 valence electrons. The number of sulfonamides is 1. The molecule has 0 aromatic heterocycles. The van der Waals surface area contributed by atoms with E-state index in [-0.39, 0.29) is 34.5 Å². The zero-order chi connectivity index (χ0) is 19.4. The first-order valence-corrected chi connectivity index (χ1v) is 11.4. The van der Waals surface area contributed by atoms with Gasteiger partial charge in [-0.2, -0.15) is 0 Å². The summed E-state index contributed by atoms with van der Waals surface area (Å²) in [5.74, 6) is 0.160. The minimum atomic E-state index is -3.82. The number of hydrogen-bond donors (Lipinski definition) is 2. The van der Waals surface area contributed by atoms with Crippen LogP contribution in [0, 0.1) is 5.92 Å². The van der Waals surface area contributed by atoms with Gasteiger partial charge in [0.1, 0.15) is 4.90 Å². The lowest BCUT2D eigenvalue weighted by Crippen LogP contribution is -2.41. The third-order valence-corrected chi connectivity index (χ3v) is 7.34. The number of benzene rings is 1. The lowest BCUT2D eigenvalue weighted by atomic mass is 9.86. The Hall–Kier alpha value is -1.15. The summed E-state index contributed by atoms with van der Waals surface area (Å²) >= 11 is 6.11. The molecule has 2 fully saturated rings. The van der Waals surface area contributed by atoms with Gasteiger partial charge >= 0.3 is 0 Å². The van der Waals surface area contributed by atoms with E-state index < -0.39 is 10.0 Å². The lowest BCUT2D eigenvalue weighted by Gasteiger charge is -2.29. The van der Waals surface area contributed by atoms with E-state index in [0.29, 0.717) is 18.1 Å². The Morgan fingerprint density at radius 1 is 1.22 bits per heavy atom. The fraction of sp³-hybridized carbons (Fsp3) is 0.632. The molecule has 1 aliphatic carbocycles. The maximum atomic E-state index is 12.6. The number of hydrogen-bond acceptors (Lipinski definition) is 4. The second-order valence-electron chi connectivity index (χ2n) is 7.47. The van der Waals surface area contributed by atoms with E-state index in [1.807, 2.05) is 0 Å². The fourth-order valence-corrected chi connectivity index (χ4v) is 5.31. The van der Waals surface area contributed by atoms with Gasteiger partial charge in [-0.1, -0.05) is 31.4 Å². The van der Waals surface area contributed by atoms with Gasteiger partial charge in [0.05, 0.1) is 11.1 Å². The summed E-state index contributed by atoms with van der Waals surface area (Å²) in [4.78, 5) is 12.5. The predicted octanol–water partition coefficient (Wildman–Crippen LogP) is 3.11. The van der Waals surface area contributed by atoms with Gasteiger partial charge in [-0.15, -0.1) is 0 Å². The zero-order valence-corrected chi connectivity index (χ0v) is 17.1. The summed E-state index contributed by atoms with van der Waals surface area (Å²) in [5.41, 5.74) is 0.301. The number of amides is 1. The highest BCUT2D eigenvalue weighted by atomic mass is 35.5. The Bertz CT molecular complexity index is 778. The molecule has 2 N–H and O–H groups in total. The van der Waals surface area contributed by atoms with Crippen molar-refractivity contribution in [2.75, 3.05) is 13.2 Å². The third kappa shape index (κ3) is 5.22. The second-order valence-corrected chi connectivity index (χ2v) is 9.62. The number of carbonyl (C=O) groups is 1. The number of rotatable bonds is 6. The first kappa shape index (κ1) is 20.6. The Morgan fingerprint density at radius 2 is 2.00 bits per heavy atom. The summed E-state index contributed by atoms with van der Waals surface area (Å²) in [7, 11) is -3.82. The van der Waals surface area contributed by atoms with Crippen LogP contribution in [0.15, 0.2) is 23.1 Å². The molecule has 2 aliphatic rings. The molecule has 1 aromatic carbocycles. The minimum Gasteiger partial charge on any atom is -0.377 e. The quantitative estimate of drug-likeness (QED) is 0.749. The van der Waals surface area contributed by atoms with Gasteiger partial charge in [0.25, 0.3) is 5.91 Å². The maximum absolute atomic E-state index is 12.6. The molecule has 0 spiro atoms. The van der Waals surface area contributed by atoms with E-state index >= 15 is 0 Å². The molecular formula is C19H27ClN2O4S. The van der Waals surface area contributed by atoms with Gasteiger partial charge in [0.2, 0.25) is 10.0 Å². The van der Waals surface area contributed by atoms with Crippen LogP contribution in [0.4, 0.5) is 0 Å². The first-order valence-electron chi connectivity index (χ1n) is 9.58. The van der Waals surface area contributed by atoms with Crippen LogP contribution in [-0.2, 0) is 14.8 Å². The van der Waals surface area contributed by atoms with E-state index in [4.69, 9.17) is 16.3 Å². The molecule has 27 heavy (non-hydrogen) atoms. The first-order chi connectivity index (χ1) is 12.9. The van der Waals surface area contributed by atoms with Crippen molar-refractivity contribution < 1.29 is 17.9 Å². The SMILES string of the molecule is CC1CCCCC1NC(=O)c1ccc(Cl)c(S(=O)(=O)NCC2CCCO2)c1. The molecule has 1 saturated heterocycles. The molecule has 1 heterocycles. The highest BCUT2D eigenvalue weighted by Gasteiger charge is 2.26. The van der Waals surface area contributed by atoms with E-state index in [0.717, 1.165) is 32.1 Å². The monoisotopic (exact) mass is 414 g/mol. The summed E-state index contributed by atoms with van der Waals surface area (Å²) < 4.78 is 33.3. The molecule has 0 bridgehead atoms. The minimum absolute atomic E-state index is 0.0773. The summed E-state index contributed by atoms with van der Waals surface area (Å²) in [6.45, 7) is 2.99. The molecule has 1 saturated carbocycles. The fourth-order valence-electron chi connectivity index (χ4n) is 3.72. The van der Waals surface area contributed by atoms with E-state index in [1.54, 1.807) is 6.07 Å². The van der Waals surface area contributed by atoms with Crippen LogP contribution in [0.5, 0.6) is 0 Å². The van der Waals surface area contributed by atoms with Crippen LogP contribution in [-0.4, -0.2) is 39.6 Å². The van der Waals surface area contributed by atoms with Crippen LogP contribution >= 0.6 is 11.6 Å². The molecule has 3 rings (SSSR count). The van der Waals surface area contributed by atoms with Crippen molar-refractivity contribution in [2.24, 2.45) is 5.92 Å². The largest absolute Gasteiger partial charge is 0.377 e. The Balaban J connectivity index is 1.71. The molecule has 1 amide bonds. The molecule has 1 aromatic rings. The maximum Gasteiger partial charge on any atom is 0.251 e. The lowest BCUT2D eigenvalue weighted by molar-refractivity contribution is 0.0910. The number of nitrogens with one attached hydrogen (secondary N) is 2. The van der Waals surface area contributed by atoms with Crippen molar-refractivity contribution in [1.82, 2.24) is 10.0 Å². The van der Waals surface area contributed by atoms with Gasteiger partial charge in [0, 0.05) is 24.8 Å². The van der Waals surface area contributed by atoms with Gasteiger partial charge in [-0.05, 0) is 49.8 Å². The molecule has 3 atom stereocenters. The number of carbonyl (C=O) groups excluding carboxylic acids is 1.